The van der Waals surface area contributed by atoms with Crippen LogP contribution in [0.4, 0.5) is 11.6 Å². The molecule has 0 saturated carbocycles. The molecule has 5 heteroatoms. The first-order valence-electron chi connectivity index (χ1n) is 7.48. The van der Waals surface area contributed by atoms with E-state index in [1.807, 2.05) is 24.5 Å². The molecule has 0 radical (unpaired) electrons. The molecule has 0 bridgehead atoms. The molecule has 112 valence electrons. The molecule has 0 unspecified atom stereocenters. The molecule has 0 amide bonds. The highest BCUT2D eigenvalue weighted by Gasteiger charge is 2.04. The van der Waals surface area contributed by atoms with E-state index in [0.29, 0.717) is 0 Å². The topological polar surface area (TPSA) is 62.7 Å². The van der Waals surface area contributed by atoms with Crippen molar-refractivity contribution in [2.24, 2.45) is 0 Å². The summed E-state index contributed by atoms with van der Waals surface area (Å²) in [6, 6.07) is 3.99. The monoisotopic (exact) mass is 285 g/mol. The lowest BCUT2D eigenvalue weighted by atomic mass is 10.1. The van der Waals surface area contributed by atoms with Crippen molar-refractivity contribution in [3.8, 4) is 0 Å². The number of pyridine rings is 1. The number of anilines is 2. The molecule has 0 saturated heterocycles. The Kier molecular flexibility index (Phi) is 5.49. The zero-order chi connectivity index (χ0) is 15.1. The molecule has 5 nitrogen and oxygen atoms in total. The third-order valence-corrected chi connectivity index (χ3v) is 3.24. The number of nitrogens with one attached hydrogen (secondary N) is 2. The molecule has 0 atom stereocenters. The summed E-state index contributed by atoms with van der Waals surface area (Å²) in [4.78, 5) is 13.1. The van der Waals surface area contributed by atoms with Crippen molar-refractivity contribution in [3.63, 3.8) is 0 Å². The lowest BCUT2D eigenvalue weighted by Crippen LogP contribution is -2.09. The molecule has 0 spiro atoms. The largest absolute Gasteiger partial charge is 0.370 e. The molecule has 2 rings (SSSR count). The maximum absolute atomic E-state index is 4.53. The van der Waals surface area contributed by atoms with Crippen molar-refractivity contribution in [1.82, 2.24) is 15.0 Å². The third-order valence-electron chi connectivity index (χ3n) is 3.24. The molecule has 0 fully saturated rings. The summed E-state index contributed by atoms with van der Waals surface area (Å²) in [6.45, 7) is 7.93. The second-order valence-electron chi connectivity index (χ2n) is 4.99. The minimum atomic E-state index is 0.738. The summed E-state index contributed by atoms with van der Waals surface area (Å²) >= 11 is 0. The van der Waals surface area contributed by atoms with Crippen LogP contribution in [0.1, 0.15) is 37.2 Å². The van der Waals surface area contributed by atoms with E-state index in [-0.39, 0.29) is 0 Å². The van der Waals surface area contributed by atoms with Gasteiger partial charge >= 0.3 is 0 Å². The molecule has 0 aliphatic heterocycles. The van der Waals surface area contributed by atoms with E-state index in [2.05, 4.69) is 46.4 Å². The van der Waals surface area contributed by atoms with Gasteiger partial charge in [0, 0.05) is 38.0 Å². The molecule has 2 aromatic rings. The summed E-state index contributed by atoms with van der Waals surface area (Å²) < 4.78 is 0. The zero-order valence-electron chi connectivity index (χ0n) is 13.0. The fourth-order valence-electron chi connectivity index (χ4n) is 1.98. The Balaban J connectivity index is 2.09. The van der Waals surface area contributed by atoms with Gasteiger partial charge in [0.15, 0.2) is 0 Å². The van der Waals surface area contributed by atoms with Gasteiger partial charge in [-0.25, -0.2) is 9.97 Å². The van der Waals surface area contributed by atoms with Crippen molar-refractivity contribution in [3.05, 3.63) is 41.5 Å². The first-order chi connectivity index (χ1) is 10.2. The fraction of sp³-hybridized carbons (Fsp3) is 0.438. The van der Waals surface area contributed by atoms with Crippen LogP contribution in [0.3, 0.4) is 0 Å². The van der Waals surface area contributed by atoms with E-state index in [0.717, 1.165) is 43.4 Å². The fourth-order valence-corrected chi connectivity index (χ4v) is 1.98. The van der Waals surface area contributed by atoms with Crippen molar-refractivity contribution in [1.29, 1.82) is 0 Å². The van der Waals surface area contributed by atoms with Crippen LogP contribution in [0.25, 0.3) is 0 Å². The number of aryl methyl sites for hydroxylation is 2. The predicted molar refractivity (Wildman–Crippen MR) is 86.5 cm³/mol. The quantitative estimate of drug-likeness (QED) is 0.818. The molecule has 0 aliphatic rings. The predicted octanol–water partition coefficient (Wildman–Crippen LogP) is 3.18. The van der Waals surface area contributed by atoms with Gasteiger partial charge in [0.2, 0.25) is 0 Å². The first-order valence-corrected chi connectivity index (χ1v) is 7.48. The van der Waals surface area contributed by atoms with E-state index in [4.69, 9.17) is 0 Å². The molecule has 2 N–H and O–H groups in total. The normalized spacial score (nSPS) is 10.4. The smallest absolute Gasteiger partial charge is 0.132 e. The standard InChI is InChI=1S/C16H23N5/c1-4-7-18-15-9-16(21-14(5-2)20-15)19-11-13-6-8-17-10-12(13)3/h6,8-10H,4-5,7,11H2,1-3H3,(H2,18,19,20,21). The van der Waals surface area contributed by atoms with Gasteiger partial charge in [0.1, 0.15) is 17.5 Å². The number of aromatic nitrogens is 3. The average molecular weight is 285 g/mol. The highest BCUT2D eigenvalue weighted by Crippen LogP contribution is 2.14. The first kappa shape index (κ1) is 15.2. The summed E-state index contributed by atoms with van der Waals surface area (Å²) in [7, 11) is 0. The lowest BCUT2D eigenvalue weighted by molar-refractivity contribution is 0.912. The van der Waals surface area contributed by atoms with Crippen LogP contribution in [0.2, 0.25) is 0 Å². The van der Waals surface area contributed by atoms with E-state index in [1.165, 1.54) is 11.1 Å². The maximum Gasteiger partial charge on any atom is 0.132 e. The zero-order valence-corrected chi connectivity index (χ0v) is 13.0. The van der Waals surface area contributed by atoms with E-state index in [9.17, 15) is 0 Å². The van der Waals surface area contributed by atoms with Crippen LogP contribution in [0.15, 0.2) is 24.5 Å². The van der Waals surface area contributed by atoms with Gasteiger partial charge < -0.3 is 10.6 Å². The molecular weight excluding hydrogens is 262 g/mol. The number of rotatable bonds is 7. The number of hydrogen-bond donors (Lipinski definition) is 2. The number of nitrogens with zero attached hydrogens (tertiary/aromatic N) is 3. The summed E-state index contributed by atoms with van der Waals surface area (Å²) in [5.41, 5.74) is 2.41. The SMILES string of the molecule is CCCNc1cc(NCc2ccncc2C)nc(CC)n1. The van der Waals surface area contributed by atoms with E-state index < -0.39 is 0 Å². The highest BCUT2D eigenvalue weighted by atomic mass is 15.1. The van der Waals surface area contributed by atoms with Crippen LogP contribution < -0.4 is 10.6 Å². The van der Waals surface area contributed by atoms with E-state index >= 15 is 0 Å². The highest BCUT2D eigenvalue weighted by molar-refractivity contribution is 5.48. The summed E-state index contributed by atoms with van der Waals surface area (Å²) in [5.74, 6) is 2.60. The molecular formula is C16H23N5. The van der Waals surface area contributed by atoms with Crippen LogP contribution in [0, 0.1) is 6.92 Å². The Bertz CT molecular complexity index is 583. The number of hydrogen-bond acceptors (Lipinski definition) is 5. The van der Waals surface area contributed by atoms with Crippen LogP contribution in [-0.2, 0) is 13.0 Å². The lowest BCUT2D eigenvalue weighted by Gasteiger charge is -2.11. The third kappa shape index (κ3) is 4.41. The molecule has 0 aromatic carbocycles. The Hall–Kier alpha value is -2.17. The van der Waals surface area contributed by atoms with Crippen LogP contribution >= 0.6 is 0 Å². The Morgan fingerprint density at radius 1 is 1.10 bits per heavy atom. The second-order valence-corrected chi connectivity index (χ2v) is 4.99. The van der Waals surface area contributed by atoms with Gasteiger partial charge in [-0.05, 0) is 30.5 Å². The van der Waals surface area contributed by atoms with Gasteiger partial charge in [-0.15, -0.1) is 0 Å². The van der Waals surface area contributed by atoms with Gasteiger partial charge in [0.25, 0.3) is 0 Å². The van der Waals surface area contributed by atoms with Crippen molar-refractivity contribution in [2.75, 3.05) is 17.2 Å². The minimum absolute atomic E-state index is 0.738. The van der Waals surface area contributed by atoms with Crippen LogP contribution in [0.5, 0.6) is 0 Å². The maximum atomic E-state index is 4.53. The Morgan fingerprint density at radius 2 is 1.86 bits per heavy atom. The molecule has 0 aliphatic carbocycles. The van der Waals surface area contributed by atoms with Gasteiger partial charge in [-0.2, -0.15) is 0 Å². The molecule has 21 heavy (non-hydrogen) atoms. The van der Waals surface area contributed by atoms with Crippen molar-refractivity contribution < 1.29 is 0 Å². The second kappa shape index (κ2) is 7.57. The van der Waals surface area contributed by atoms with Crippen molar-refractivity contribution in [2.45, 2.75) is 40.2 Å². The van der Waals surface area contributed by atoms with Gasteiger partial charge in [-0.3, -0.25) is 4.98 Å². The molecule has 2 aromatic heterocycles. The molecule has 2 heterocycles. The summed E-state index contributed by atoms with van der Waals surface area (Å²) in [6.07, 6.45) is 5.59. The van der Waals surface area contributed by atoms with Gasteiger partial charge in [-0.1, -0.05) is 13.8 Å². The Labute approximate surface area is 126 Å². The van der Waals surface area contributed by atoms with Crippen molar-refractivity contribution >= 4 is 11.6 Å². The van der Waals surface area contributed by atoms with Crippen LogP contribution in [-0.4, -0.2) is 21.5 Å². The van der Waals surface area contributed by atoms with E-state index in [1.54, 1.807) is 0 Å². The average Bonchev–Trinajstić information content (AvgIpc) is 2.52. The minimum Gasteiger partial charge on any atom is -0.370 e. The summed E-state index contributed by atoms with van der Waals surface area (Å²) in [5, 5.41) is 6.69. The Morgan fingerprint density at radius 3 is 2.52 bits per heavy atom. The van der Waals surface area contributed by atoms with Gasteiger partial charge in [0.05, 0.1) is 0 Å².